The second kappa shape index (κ2) is 16.2. The van der Waals surface area contributed by atoms with Crippen LogP contribution in [0.2, 0.25) is 0 Å². The minimum Gasteiger partial charge on any atom is -0.494 e. The van der Waals surface area contributed by atoms with Crippen LogP contribution in [0.1, 0.15) is 30.5 Å². The molecule has 3 rings (SSSR count). The summed E-state index contributed by atoms with van der Waals surface area (Å²) in [6.07, 6.45) is 1.79. The van der Waals surface area contributed by atoms with Crippen LogP contribution in [0.4, 0.5) is 9.59 Å². The summed E-state index contributed by atoms with van der Waals surface area (Å²) in [5.74, 6) is 1.21. The van der Waals surface area contributed by atoms with Gasteiger partial charge in [0.2, 0.25) is 5.91 Å². The summed E-state index contributed by atoms with van der Waals surface area (Å²) in [5.41, 5.74) is 2.60. The van der Waals surface area contributed by atoms with E-state index in [0.717, 1.165) is 28.2 Å². The molecule has 0 radical (unpaired) electrons. The normalized spacial score (nSPS) is 11.4. The Morgan fingerprint density at radius 2 is 1.46 bits per heavy atom. The van der Waals surface area contributed by atoms with E-state index >= 15 is 0 Å². The number of rotatable bonds is 14. The Kier molecular flexibility index (Phi) is 12.1. The van der Waals surface area contributed by atoms with Crippen molar-refractivity contribution in [3.8, 4) is 17.2 Å². The fourth-order valence-electron chi connectivity index (χ4n) is 3.80. The topological polar surface area (TPSA) is 132 Å². The zero-order valence-corrected chi connectivity index (χ0v) is 23.0. The molecule has 216 valence electrons. The lowest BCUT2D eigenvalue weighted by Gasteiger charge is -2.17. The lowest BCUT2D eigenvalue weighted by atomic mass is 10.1. The van der Waals surface area contributed by atoms with Crippen molar-refractivity contribution in [2.75, 3.05) is 26.4 Å². The summed E-state index contributed by atoms with van der Waals surface area (Å²) >= 11 is 0. The van der Waals surface area contributed by atoms with Crippen LogP contribution in [0.3, 0.4) is 0 Å². The minimum atomic E-state index is -1.31. The number of ether oxygens (including phenoxy) is 4. The van der Waals surface area contributed by atoms with Gasteiger partial charge in [-0.2, -0.15) is 0 Å². The molecule has 41 heavy (non-hydrogen) atoms. The first-order valence-electron chi connectivity index (χ1n) is 13.2. The number of amides is 2. The molecule has 1 unspecified atom stereocenters. The summed E-state index contributed by atoms with van der Waals surface area (Å²) in [5, 5.41) is 13.8. The van der Waals surface area contributed by atoms with Gasteiger partial charge >= 0.3 is 12.2 Å². The number of carbonyl (C=O) groups excluding carboxylic acids is 2. The lowest BCUT2D eigenvalue weighted by molar-refractivity contribution is -0.123. The second-order valence-corrected chi connectivity index (χ2v) is 8.69. The minimum absolute atomic E-state index is 0.0141. The van der Waals surface area contributed by atoms with Gasteiger partial charge in [-0.05, 0) is 54.8 Å². The van der Waals surface area contributed by atoms with Gasteiger partial charge in [-0.25, -0.2) is 9.59 Å². The summed E-state index contributed by atoms with van der Waals surface area (Å²) in [6.45, 7) is 4.78. The molecule has 3 aromatic rings. The number of nitrogens with one attached hydrogen (secondary N) is 2. The fraction of sp³-hybridized carbons (Fsp3) is 0.258. The molecule has 3 N–H and O–H groups in total. The molecule has 10 heteroatoms. The van der Waals surface area contributed by atoms with Gasteiger partial charge in [-0.15, -0.1) is 0 Å². The van der Waals surface area contributed by atoms with Gasteiger partial charge < -0.3 is 34.7 Å². The van der Waals surface area contributed by atoms with E-state index in [1.54, 1.807) is 48.5 Å². The highest BCUT2D eigenvalue weighted by molar-refractivity contribution is 5.85. The first-order chi connectivity index (χ1) is 19.9. The predicted octanol–water partition coefficient (Wildman–Crippen LogP) is 5.16. The zero-order chi connectivity index (χ0) is 29.5. The molecule has 0 saturated carbocycles. The van der Waals surface area contributed by atoms with Gasteiger partial charge in [0.1, 0.15) is 29.9 Å². The molecule has 0 fully saturated rings. The van der Waals surface area contributed by atoms with E-state index in [0.29, 0.717) is 19.0 Å². The molecular weight excluding hydrogens is 528 g/mol. The Morgan fingerprint density at radius 3 is 2.07 bits per heavy atom. The maximum atomic E-state index is 12.5. The summed E-state index contributed by atoms with van der Waals surface area (Å²) < 4.78 is 21.4. The molecule has 1 atom stereocenters. The van der Waals surface area contributed by atoms with Crippen LogP contribution in [0, 0.1) is 0 Å². The third-order valence-electron chi connectivity index (χ3n) is 5.59. The molecular formula is C31H34N2O8. The van der Waals surface area contributed by atoms with Gasteiger partial charge in [-0.3, -0.25) is 4.79 Å². The van der Waals surface area contributed by atoms with E-state index in [4.69, 9.17) is 24.1 Å². The van der Waals surface area contributed by atoms with Crippen molar-refractivity contribution < 1.29 is 38.4 Å². The van der Waals surface area contributed by atoms with Crippen LogP contribution in [-0.2, 0) is 16.0 Å². The van der Waals surface area contributed by atoms with Crippen molar-refractivity contribution in [2.45, 2.75) is 26.3 Å². The Bertz CT molecular complexity index is 1290. The van der Waals surface area contributed by atoms with Crippen LogP contribution in [0.5, 0.6) is 17.2 Å². The molecule has 0 aliphatic carbocycles. The quantitative estimate of drug-likeness (QED) is 0.106. The molecule has 2 amide bonds. The molecule has 0 heterocycles. The van der Waals surface area contributed by atoms with Crippen molar-refractivity contribution in [2.24, 2.45) is 0 Å². The highest BCUT2D eigenvalue weighted by atomic mass is 16.7. The average Bonchev–Trinajstić information content (AvgIpc) is 2.95. The predicted molar refractivity (Wildman–Crippen MR) is 154 cm³/mol. The first-order valence-corrected chi connectivity index (χ1v) is 13.2. The average molecular weight is 563 g/mol. The molecule has 10 nitrogen and oxygen atoms in total. The number of hydrogen-bond donors (Lipinski definition) is 3. The smallest absolute Gasteiger partial charge is 0.494 e. The largest absolute Gasteiger partial charge is 0.513 e. The standard InChI is InChI=1S/C31H34N2O8/c1-3-38-26-18-24(19-27(21-26)39-4-2)11-10-22-12-14-25(15-13-22)41-31(37)40-17-16-32-29(34)28(33-30(35)36)20-23-8-6-5-7-9-23/h5-15,18-19,21,28,33H,3-4,16-17,20H2,1-2H3,(H,32,34)(H,35,36)/b11-10+. The number of carboxylic acid groups (broad SMARTS) is 1. The Balaban J connectivity index is 1.45. The zero-order valence-electron chi connectivity index (χ0n) is 23.0. The number of carbonyl (C=O) groups is 3. The SMILES string of the molecule is CCOc1cc(/C=C/c2ccc(OC(=O)OCCNC(=O)C(Cc3ccccc3)NC(=O)O)cc2)cc(OCC)c1. The monoisotopic (exact) mass is 562 g/mol. The Labute approximate surface area is 238 Å². The maximum Gasteiger partial charge on any atom is 0.513 e. The molecule has 0 aromatic heterocycles. The summed E-state index contributed by atoms with van der Waals surface area (Å²) in [6, 6.07) is 20.6. The van der Waals surface area contributed by atoms with Gasteiger partial charge in [0.25, 0.3) is 0 Å². The molecule has 0 aliphatic heterocycles. The third kappa shape index (κ3) is 11.0. The fourth-order valence-corrected chi connectivity index (χ4v) is 3.80. The van der Waals surface area contributed by atoms with Crippen LogP contribution < -0.4 is 24.8 Å². The lowest BCUT2D eigenvalue weighted by Crippen LogP contribution is -2.48. The summed E-state index contributed by atoms with van der Waals surface area (Å²) in [7, 11) is 0. The Morgan fingerprint density at radius 1 is 0.829 bits per heavy atom. The van der Waals surface area contributed by atoms with Crippen molar-refractivity contribution >= 4 is 30.3 Å². The Hall–Kier alpha value is -4.99. The van der Waals surface area contributed by atoms with Crippen LogP contribution in [-0.4, -0.2) is 55.7 Å². The highest BCUT2D eigenvalue weighted by Crippen LogP contribution is 2.25. The van der Waals surface area contributed by atoms with E-state index in [-0.39, 0.29) is 19.6 Å². The number of benzene rings is 3. The van der Waals surface area contributed by atoms with E-state index in [1.807, 2.05) is 50.3 Å². The molecule has 0 bridgehead atoms. The number of hydrogen-bond acceptors (Lipinski definition) is 7. The van der Waals surface area contributed by atoms with Gasteiger partial charge in [0.05, 0.1) is 19.8 Å². The second-order valence-electron chi connectivity index (χ2n) is 8.69. The molecule has 0 spiro atoms. The van der Waals surface area contributed by atoms with Crippen molar-refractivity contribution in [3.63, 3.8) is 0 Å². The van der Waals surface area contributed by atoms with E-state index < -0.39 is 24.2 Å². The highest BCUT2D eigenvalue weighted by Gasteiger charge is 2.20. The van der Waals surface area contributed by atoms with Crippen molar-refractivity contribution in [1.82, 2.24) is 10.6 Å². The van der Waals surface area contributed by atoms with E-state index in [9.17, 15) is 14.4 Å². The van der Waals surface area contributed by atoms with Gasteiger partial charge in [0, 0.05) is 12.5 Å². The van der Waals surface area contributed by atoms with Crippen LogP contribution in [0.25, 0.3) is 12.2 Å². The molecule has 0 aliphatic rings. The van der Waals surface area contributed by atoms with Crippen LogP contribution in [0.15, 0.2) is 72.8 Å². The van der Waals surface area contributed by atoms with Gasteiger partial charge in [0.15, 0.2) is 0 Å². The maximum absolute atomic E-state index is 12.5. The summed E-state index contributed by atoms with van der Waals surface area (Å²) in [4.78, 5) is 35.6. The van der Waals surface area contributed by atoms with Crippen LogP contribution >= 0.6 is 0 Å². The van der Waals surface area contributed by atoms with E-state index in [1.165, 1.54) is 0 Å². The van der Waals surface area contributed by atoms with E-state index in [2.05, 4.69) is 10.6 Å². The molecule has 3 aromatic carbocycles. The third-order valence-corrected chi connectivity index (χ3v) is 5.59. The van der Waals surface area contributed by atoms with Gasteiger partial charge in [-0.1, -0.05) is 54.6 Å². The molecule has 0 saturated heterocycles. The van der Waals surface area contributed by atoms with Crippen molar-refractivity contribution in [3.05, 3.63) is 89.5 Å². The van der Waals surface area contributed by atoms with Crippen molar-refractivity contribution in [1.29, 1.82) is 0 Å². The first kappa shape index (κ1) is 30.6.